The third kappa shape index (κ3) is 3.40. The molecule has 0 aromatic rings. The number of amides is 2. The molecule has 2 amide bonds. The number of rotatable bonds is 2. The van der Waals surface area contributed by atoms with E-state index >= 15 is 0 Å². The maximum Gasteiger partial charge on any atom is 0.492 e. The van der Waals surface area contributed by atoms with Gasteiger partial charge in [0.2, 0.25) is 0 Å². The molecule has 2 heterocycles. The topological polar surface area (TPSA) is 61.9 Å². The molecule has 3 aliphatic rings. The lowest BCUT2D eigenvalue weighted by Gasteiger charge is -2.41. The van der Waals surface area contributed by atoms with Crippen LogP contribution in [0.4, 0.5) is 18.0 Å². The highest BCUT2D eigenvalue weighted by molar-refractivity contribution is 5.79. The number of halogens is 3. The van der Waals surface area contributed by atoms with E-state index in [0.29, 0.717) is 19.4 Å². The smallest absolute Gasteiger partial charge is 0.361 e. The molecule has 1 saturated heterocycles. The summed E-state index contributed by atoms with van der Waals surface area (Å²) in [4.78, 5) is 29.2. The van der Waals surface area contributed by atoms with Gasteiger partial charge in [-0.05, 0) is 37.3 Å². The van der Waals surface area contributed by atoms with E-state index in [1.807, 2.05) is 12.2 Å². The standard InChI is InChI=1S/C15H18F3N3O3/c16-15(17,18)13(22)24-20-7-5-11(6-8-20)21-12-4-2-1-3-10(12)9-19-14(21)23/h2,4,11H,1,3,5-9H2,(H,19,23). The third-order valence-corrected chi connectivity index (χ3v) is 4.41. The van der Waals surface area contributed by atoms with E-state index < -0.39 is 12.1 Å². The van der Waals surface area contributed by atoms with Crippen molar-refractivity contribution < 1.29 is 27.6 Å². The van der Waals surface area contributed by atoms with E-state index in [1.54, 1.807) is 4.90 Å². The van der Waals surface area contributed by atoms with Crippen LogP contribution < -0.4 is 5.32 Å². The molecule has 1 aliphatic carbocycles. The van der Waals surface area contributed by atoms with Crippen LogP contribution in [-0.2, 0) is 9.63 Å². The number of nitrogens with one attached hydrogen (secondary N) is 1. The predicted octanol–water partition coefficient (Wildman–Crippen LogP) is 2.10. The highest BCUT2D eigenvalue weighted by atomic mass is 19.4. The number of hydroxylamine groups is 2. The Hall–Kier alpha value is -2.03. The van der Waals surface area contributed by atoms with E-state index in [0.717, 1.165) is 23.6 Å². The number of piperidine rings is 1. The average molecular weight is 345 g/mol. The molecule has 0 unspecified atom stereocenters. The van der Waals surface area contributed by atoms with Crippen LogP contribution in [0, 0.1) is 0 Å². The summed E-state index contributed by atoms with van der Waals surface area (Å²) in [6, 6.07) is -0.315. The molecule has 24 heavy (non-hydrogen) atoms. The predicted molar refractivity (Wildman–Crippen MR) is 77.4 cm³/mol. The van der Waals surface area contributed by atoms with Gasteiger partial charge in [-0.25, -0.2) is 9.59 Å². The van der Waals surface area contributed by atoms with Crippen LogP contribution >= 0.6 is 0 Å². The molecular weight excluding hydrogens is 327 g/mol. The third-order valence-electron chi connectivity index (χ3n) is 4.41. The molecule has 2 aliphatic heterocycles. The van der Waals surface area contributed by atoms with Crippen LogP contribution in [-0.4, -0.2) is 53.8 Å². The molecule has 0 radical (unpaired) electrons. The van der Waals surface area contributed by atoms with Gasteiger partial charge in [-0.2, -0.15) is 13.2 Å². The second-order valence-corrected chi connectivity index (χ2v) is 6.00. The molecule has 3 rings (SSSR count). The van der Waals surface area contributed by atoms with Gasteiger partial charge in [0.15, 0.2) is 0 Å². The van der Waals surface area contributed by atoms with Crippen molar-refractivity contribution in [3.05, 3.63) is 23.4 Å². The van der Waals surface area contributed by atoms with Crippen LogP contribution in [0.5, 0.6) is 0 Å². The first-order chi connectivity index (χ1) is 11.4. The quantitative estimate of drug-likeness (QED) is 0.833. The van der Waals surface area contributed by atoms with Crippen molar-refractivity contribution in [1.82, 2.24) is 15.3 Å². The summed E-state index contributed by atoms with van der Waals surface area (Å²) in [6.07, 6.45) is 1.65. The second kappa shape index (κ2) is 6.46. The lowest BCUT2D eigenvalue weighted by atomic mass is 9.96. The first-order valence-electron chi connectivity index (χ1n) is 7.86. The van der Waals surface area contributed by atoms with Crippen molar-refractivity contribution >= 4 is 12.0 Å². The Labute approximate surface area is 136 Å². The summed E-state index contributed by atoms with van der Waals surface area (Å²) in [5.74, 6) is -2.21. The first-order valence-corrected chi connectivity index (χ1v) is 7.86. The zero-order chi connectivity index (χ0) is 17.3. The van der Waals surface area contributed by atoms with E-state index in [1.165, 1.54) is 5.57 Å². The number of carbonyl (C=O) groups is 2. The van der Waals surface area contributed by atoms with Gasteiger partial charge < -0.3 is 10.2 Å². The first kappa shape index (κ1) is 16.8. The fraction of sp³-hybridized carbons (Fsp3) is 0.600. The van der Waals surface area contributed by atoms with Crippen LogP contribution in [0.3, 0.4) is 0 Å². The highest BCUT2D eigenvalue weighted by Crippen LogP contribution is 2.30. The second-order valence-electron chi connectivity index (χ2n) is 6.00. The molecule has 0 saturated carbocycles. The zero-order valence-corrected chi connectivity index (χ0v) is 12.9. The van der Waals surface area contributed by atoms with Crippen molar-refractivity contribution in [1.29, 1.82) is 0 Å². The normalized spacial score (nSPS) is 23.1. The SMILES string of the molecule is O=C1NCC2=C(C=CCC2)N1C1CCN(OC(=O)C(F)(F)F)CC1. The summed E-state index contributed by atoms with van der Waals surface area (Å²) in [5, 5.41) is 3.85. The van der Waals surface area contributed by atoms with E-state index in [2.05, 4.69) is 10.2 Å². The minimum Gasteiger partial charge on any atom is -0.361 e. The Morgan fingerprint density at radius 2 is 2.00 bits per heavy atom. The minimum atomic E-state index is -5.00. The Bertz CT molecular complexity index is 593. The van der Waals surface area contributed by atoms with Gasteiger partial charge in [-0.15, -0.1) is 5.06 Å². The maximum atomic E-state index is 12.2. The Balaban J connectivity index is 1.63. The van der Waals surface area contributed by atoms with Crippen LogP contribution in [0.15, 0.2) is 23.4 Å². The molecule has 1 fully saturated rings. The number of nitrogens with zero attached hydrogens (tertiary/aromatic N) is 2. The summed E-state index contributed by atoms with van der Waals surface area (Å²) in [5.41, 5.74) is 2.07. The number of carbonyl (C=O) groups excluding carboxylic acids is 2. The number of hydrogen-bond acceptors (Lipinski definition) is 4. The lowest BCUT2D eigenvalue weighted by molar-refractivity contribution is -0.242. The molecule has 0 bridgehead atoms. The van der Waals surface area contributed by atoms with Crippen LogP contribution in [0.2, 0.25) is 0 Å². The number of alkyl halides is 3. The molecule has 0 spiro atoms. The number of allylic oxidation sites excluding steroid dienone is 2. The van der Waals surface area contributed by atoms with E-state index in [4.69, 9.17) is 0 Å². The fourth-order valence-electron chi connectivity index (χ4n) is 3.23. The monoisotopic (exact) mass is 345 g/mol. The molecule has 0 aromatic carbocycles. The molecule has 0 atom stereocenters. The molecule has 1 N–H and O–H groups in total. The van der Waals surface area contributed by atoms with E-state index in [9.17, 15) is 22.8 Å². The van der Waals surface area contributed by atoms with Crippen molar-refractivity contribution in [2.24, 2.45) is 0 Å². The van der Waals surface area contributed by atoms with Crippen molar-refractivity contribution in [3.63, 3.8) is 0 Å². The Morgan fingerprint density at radius 3 is 2.67 bits per heavy atom. The number of hydrogen-bond donors (Lipinski definition) is 1. The molecule has 0 aromatic heterocycles. The van der Waals surface area contributed by atoms with Crippen molar-refractivity contribution in [2.75, 3.05) is 19.6 Å². The zero-order valence-electron chi connectivity index (χ0n) is 12.9. The summed E-state index contributed by atoms with van der Waals surface area (Å²) in [7, 11) is 0. The number of urea groups is 1. The van der Waals surface area contributed by atoms with Gasteiger partial charge in [-0.3, -0.25) is 4.90 Å². The van der Waals surface area contributed by atoms with Crippen molar-refractivity contribution in [2.45, 2.75) is 37.9 Å². The summed E-state index contributed by atoms with van der Waals surface area (Å²) >= 11 is 0. The van der Waals surface area contributed by atoms with Gasteiger partial charge in [0, 0.05) is 31.4 Å². The highest BCUT2D eigenvalue weighted by Gasteiger charge is 2.43. The van der Waals surface area contributed by atoms with Gasteiger partial charge in [-0.1, -0.05) is 6.08 Å². The maximum absolute atomic E-state index is 12.2. The Kier molecular flexibility index (Phi) is 4.53. The lowest BCUT2D eigenvalue weighted by Crippen LogP contribution is -2.53. The van der Waals surface area contributed by atoms with Gasteiger partial charge in [0.25, 0.3) is 0 Å². The molecule has 132 valence electrons. The van der Waals surface area contributed by atoms with Gasteiger partial charge in [0.05, 0.1) is 0 Å². The molecule has 6 nitrogen and oxygen atoms in total. The summed E-state index contributed by atoms with van der Waals surface area (Å²) < 4.78 is 36.7. The molecular formula is C15H18F3N3O3. The average Bonchev–Trinajstić information content (AvgIpc) is 2.55. The van der Waals surface area contributed by atoms with Crippen LogP contribution in [0.1, 0.15) is 25.7 Å². The fourth-order valence-corrected chi connectivity index (χ4v) is 3.23. The van der Waals surface area contributed by atoms with Gasteiger partial charge >= 0.3 is 18.2 Å². The van der Waals surface area contributed by atoms with Crippen molar-refractivity contribution in [3.8, 4) is 0 Å². The molecule has 9 heteroatoms. The van der Waals surface area contributed by atoms with E-state index in [-0.39, 0.29) is 25.2 Å². The van der Waals surface area contributed by atoms with Gasteiger partial charge in [0.1, 0.15) is 0 Å². The van der Waals surface area contributed by atoms with Crippen LogP contribution in [0.25, 0.3) is 0 Å². The largest absolute Gasteiger partial charge is 0.492 e. The minimum absolute atomic E-state index is 0.126. The Morgan fingerprint density at radius 1 is 1.29 bits per heavy atom. The summed E-state index contributed by atoms with van der Waals surface area (Å²) in [6.45, 7) is 0.849.